The molecule has 0 saturated carbocycles. The van der Waals surface area contributed by atoms with Crippen molar-refractivity contribution in [3.8, 4) is 6.07 Å². The van der Waals surface area contributed by atoms with Crippen LogP contribution in [0.2, 0.25) is 0 Å². The highest BCUT2D eigenvalue weighted by Gasteiger charge is 2.39. The summed E-state index contributed by atoms with van der Waals surface area (Å²) in [5.74, 6) is -1.62. The second-order valence-corrected chi connectivity index (χ2v) is 5.23. The normalized spacial score (nSPS) is 20.8. The van der Waals surface area contributed by atoms with Crippen molar-refractivity contribution in [3.05, 3.63) is 54.0 Å². The summed E-state index contributed by atoms with van der Waals surface area (Å²) in [6.07, 6.45) is 4.77. The lowest BCUT2D eigenvalue weighted by Gasteiger charge is -2.31. The third-order valence-corrected chi connectivity index (χ3v) is 3.73. The van der Waals surface area contributed by atoms with E-state index >= 15 is 0 Å². The number of nitrogens with one attached hydrogen (secondary N) is 1. The Hall–Kier alpha value is -2.52. The average molecular weight is 313 g/mol. The summed E-state index contributed by atoms with van der Waals surface area (Å²) in [6, 6.07) is 5.75. The summed E-state index contributed by atoms with van der Waals surface area (Å²) in [6.45, 7) is 5.38. The second-order valence-electron chi connectivity index (χ2n) is 4.79. The number of allylic oxidation sites excluding steroid dienone is 1. The van der Waals surface area contributed by atoms with Gasteiger partial charge in [-0.2, -0.15) is 5.26 Å². The minimum atomic E-state index is -0.644. The number of ether oxygens (including phenoxy) is 1. The quantitative estimate of drug-likeness (QED) is 0.522. The molecule has 1 aromatic heterocycles. The van der Waals surface area contributed by atoms with E-state index in [9.17, 15) is 10.1 Å². The molecule has 0 aromatic carbocycles. The van der Waals surface area contributed by atoms with Crippen molar-refractivity contribution in [1.82, 2.24) is 10.3 Å². The van der Waals surface area contributed by atoms with Crippen molar-refractivity contribution in [3.63, 3.8) is 0 Å². The number of carbonyl (C=O) groups excluding carboxylic acids is 1. The van der Waals surface area contributed by atoms with Crippen molar-refractivity contribution >= 4 is 23.2 Å². The summed E-state index contributed by atoms with van der Waals surface area (Å²) in [4.78, 5) is 16.8. The number of hydrogen-bond acceptors (Lipinski definition) is 5. The monoisotopic (exact) mass is 313 g/mol. The molecule has 0 spiro atoms. The third kappa shape index (κ3) is 3.05. The zero-order chi connectivity index (χ0) is 16.1. The van der Waals surface area contributed by atoms with Crippen molar-refractivity contribution < 1.29 is 9.53 Å². The molecule has 1 aliphatic rings. The molecule has 2 unspecified atom stereocenters. The highest BCUT2D eigenvalue weighted by Crippen LogP contribution is 2.37. The molecule has 0 radical (unpaired) electrons. The average Bonchev–Trinajstić information content (AvgIpc) is 2.52. The number of carbonyl (C=O) groups is 1. The van der Waals surface area contributed by atoms with Crippen molar-refractivity contribution in [2.75, 3.05) is 6.61 Å². The van der Waals surface area contributed by atoms with Crippen LogP contribution in [0.4, 0.5) is 0 Å². The first-order valence-corrected chi connectivity index (χ1v) is 7.10. The van der Waals surface area contributed by atoms with E-state index in [2.05, 4.69) is 22.9 Å². The molecule has 1 N–H and O–H groups in total. The summed E-state index contributed by atoms with van der Waals surface area (Å²) in [5.41, 5.74) is 1.75. The van der Waals surface area contributed by atoms with Crippen LogP contribution < -0.4 is 5.32 Å². The SMILES string of the molecule is C=CCOC(=O)C1=C(C)NC(=S)C(C#N)C1c1cccnc1. The minimum Gasteiger partial charge on any atom is -0.458 e. The van der Waals surface area contributed by atoms with Gasteiger partial charge in [0.05, 0.1) is 16.6 Å². The Morgan fingerprint density at radius 3 is 3.05 bits per heavy atom. The lowest BCUT2D eigenvalue weighted by molar-refractivity contribution is -0.138. The van der Waals surface area contributed by atoms with Gasteiger partial charge in [0.15, 0.2) is 0 Å². The van der Waals surface area contributed by atoms with E-state index in [0.717, 1.165) is 5.56 Å². The molecule has 1 aromatic rings. The van der Waals surface area contributed by atoms with Gasteiger partial charge in [-0.1, -0.05) is 30.9 Å². The predicted molar refractivity (Wildman–Crippen MR) is 85.7 cm³/mol. The molecule has 2 atom stereocenters. The fourth-order valence-electron chi connectivity index (χ4n) is 2.43. The van der Waals surface area contributed by atoms with Crippen LogP contribution in [0.15, 0.2) is 48.5 Å². The first-order chi connectivity index (χ1) is 10.6. The van der Waals surface area contributed by atoms with Crippen LogP contribution in [-0.4, -0.2) is 22.5 Å². The maximum Gasteiger partial charge on any atom is 0.336 e. The van der Waals surface area contributed by atoms with Gasteiger partial charge in [-0.3, -0.25) is 4.98 Å². The van der Waals surface area contributed by atoms with E-state index in [1.54, 1.807) is 25.4 Å². The Kier molecular flexibility index (Phi) is 5.02. The van der Waals surface area contributed by atoms with Crippen molar-refractivity contribution in [2.45, 2.75) is 12.8 Å². The van der Waals surface area contributed by atoms with E-state index < -0.39 is 17.8 Å². The molecule has 6 heteroatoms. The number of nitrogens with zero attached hydrogens (tertiary/aromatic N) is 2. The van der Waals surface area contributed by atoms with Crippen LogP contribution in [0.5, 0.6) is 0 Å². The predicted octanol–water partition coefficient (Wildman–Crippen LogP) is 2.24. The van der Waals surface area contributed by atoms with Gasteiger partial charge in [0, 0.05) is 24.0 Å². The van der Waals surface area contributed by atoms with Crippen LogP contribution in [0.3, 0.4) is 0 Å². The van der Waals surface area contributed by atoms with Crippen molar-refractivity contribution in [1.29, 1.82) is 5.26 Å². The summed E-state index contributed by atoms with van der Waals surface area (Å²) in [5, 5.41) is 12.4. The smallest absolute Gasteiger partial charge is 0.336 e. The molecule has 112 valence electrons. The highest BCUT2D eigenvalue weighted by atomic mass is 32.1. The molecule has 2 rings (SSSR count). The van der Waals surface area contributed by atoms with Gasteiger partial charge in [0.25, 0.3) is 0 Å². The fourth-order valence-corrected chi connectivity index (χ4v) is 2.77. The first-order valence-electron chi connectivity index (χ1n) is 6.69. The summed E-state index contributed by atoms with van der Waals surface area (Å²) < 4.78 is 5.15. The molecular formula is C16H15N3O2S. The Bertz CT molecular complexity index is 676. The molecule has 0 saturated heterocycles. The third-order valence-electron chi connectivity index (χ3n) is 3.38. The Morgan fingerprint density at radius 1 is 1.68 bits per heavy atom. The van der Waals surface area contributed by atoms with Gasteiger partial charge >= 0.3 is 5.97 Å². The first kappa shape index (κ1) is 15.9. The van der Waals surface area contributed by atoms with Gasteiger partial charge in [-0.15, -0.1) is 0 Å². The summed E-state index contributed by atoms with van der Waals surface area (Å²) >= 11 is 5.25. The molecule has 2 heterocycles. The van der Waals surface area contributed by atoms with Crippen molar-refractivity contribution in [2.24, 2.45) is 5.92 Å². The highest BCUT2D eigenvalue weighted by molar-refractivity contribution is 7.80. The van der Waals surface area contributed by atoms with Gasteiger partial charge in [0.2, 0.25) is 0 Å². The minimum absolute atomic E-state index is 0.108. The molecule has 0 bridgehead atoms. The van der Waals surface area contributed by atoms with Gasteiger partial charge in [-0.25, -0.2) is 4.79 Å². The zero-order valence-corrected chi connectivity index (χ0v) is 12.9. The maximum absolute atomic E-state index is 12.4. The lowest BCUT2D eigenvalue weighted by Crippen LogP contribution is -2.40. The van der Waals surface area contributed by atoms with E-state index in [0.29, 0.717) is 16.3 Å². The molecule has 22 heavy (non-hydrogen) atoms. The number of hydrogen-bond donors (Lipinski definition) is 1. The Morgan fingerprint density at radius 2 is 2.45 bits per heavy atom. The standard InChI is InChI=1S/C16H15N3O2S/c1-3-7-21-16(20)13-10(2)19-15(22)12(8-17)14(13)11-5-4-6-18-9-11/h3-6,9,12,14H,1,7H2,2H3,(H,19,22). The van der Waals surface area contributed by atoms with E-state index in [1.807, 2.05) is 6.07 Å². The summed E-state index contributed by atoms with van der Waals surface area (Å²) in [7, 11) is 0. The number of rotatable bonds is 4. The molecule has 0 fully saturated rings. The molecule has 5 nitrogen and oxygen atoms in total. The van der Waals surface area contributed by atoms with Crippen LogP contribution in [0, 0.1) is 17.2 Å². The van der Waals surface area contributed by atoms with Gasteiger partial charge < -0.3 is 10.1 Å². The molecule has 0 aliphatic carbocycles. The topological polar surface area (TPSA) is 75.0 Å². The largest absolute Gasteiger partial charge is 0.458 e. The number of aromatic nitrogens is 1. The molecular weight excluding hydrogens is 298 g/mol. The fraction of sp³-hybridized carbons (Fsp3) is 0.250. The lowest BCUT2D eigenvalue weighted by atomic mass is 9.78. The Labute approximate surface area is 134 Å². The van der Waals surface area contributed by atoms with Crippen LogP contribution in [0.25, 0.3) is 0 Å². The van der Waals surface area contributed by atoms with E-state index in [1.165, 1.54) is 6.08 Å². The van der Waals surface area contributed by atoms with Crippen LogP contribution in [0.1, 0.15) is 18.4 Å². The molecule has 1 aliphatic heterocycles. The van der Waals surface area contributed by atoms with E-state index in [-0.39, 0.29) is 6.61 Å². The number of thiocarbonyl (C=S) groups is 1. The maximum atomic E-state index is 12.4. The number of esters is 1. The van der Waals surface area contributed by atoms with Gasteiger partial charge in [0.1, 0.15) is 12.5 Å². The Balaban J connectivity index is 2.52. The number of pyridine rings is 1. The second kappa shape index (κ2) is 6.96. The zero-order valence-electron chi connectivity index (χ0n) is 12.1. The van der Waals surface area contributed by atoms with Gasteiger partial charge in [-0.05, 0) is 18.6 Å². The van der Waals surface area contributed by atoms with Crippen LogP contribution in [-0.2, 0) is 9.53 Å². The van der Waals surface area contributed by atoms with E-state index in [4.69, 9.17) is 17.0 Å². The molecule has 0 amide bonds. The number of nitriles is 1. The van der Waals surface area contributed by atoms with Crippen LogP contribution >= 0.6 is 12.2 Å².